The van der Waals surface area contributed by atoms with Gasteiger partial charge in [-0.05, 0) is 38.1 Å². The van der Waals surface area contributed by atoms with Gasteiger partial charge in [0.2, 0.25) is 6.79 Å². The Bertz CT molecular complexity index is 716. The average Bonchev–Trinajstić information content (AvgIpc) is 3.15. The molecule has 0 amide bonds. The van der Waals surface area contributed by atoms with Gasteiger partial charge in [-0.25, -0.2) is 0 Å². The van der Waals surface area contributed by atoms with Gasteiger partial charge in [0.05, 0.1) is 16.9 Å². The molecule has 0 bridgehead atoms. The van der Waals surface area contributed by atoms with Crippen LogP contribution >= 0.6 is 0 Å². The maximum Gasteiger partial charge on any atom is 0.231 e. The molecule has 4 heterocycles. The Morgan fingerprint density at radius 3 is 2.76 bits per heavy atom. The third kappa shape index (κ3) is 1.49. The van der Waals surface area contributed by atoms with Gasteiger partial charge in [-0.15, -0.1) is 0 Å². The molecule has 5 nitrogen and oxygen atoms in total. The van der Waals surface area contributed by atoms with Crippen molar-refractivity contribution in [1.29, 1.82) is 0 Å². The number of hydrogen-bond acceptors (Lipinski definition) is 4. The molecule has 1 saturated heterocycles. The standard InChI is InChI=1S/C16H17N3O2/c1-2-15-16(3-5-17-6-4-16)18-11-8-13-14(21-10-20-13)9-12(11)19(15)7-1/h1-2,7-9,17-18H,3-6,10H2. The minimum atomic E-state index is 0.0233. The minimum absolute atomic E-state index is 0.0233. The SMILES string of the molecule is c1cc2n(c1)-c1cc3c(cc1NC21CCNCC1)OCO3. The number of ether oxygens (including phenoxy) is 2. The van der Waals surface area contributed by atoms with Crippen LogP contribution in [0.2, 0.25) is 0 Å². The number of rotatable bonds is 0. The molecule has 0 radical (unpaired) electrons. The number of fused-ring (bicyclic) bond motifs is 5. The molecule has 0 unspecified atom stereocenters. The zero-order valence-corrected chi connectivity index (χ0v) is 11.7. The summed E-state index contributed by atoms with van der Waals surface area (Å²) in [5.41, 5.74) is 3.64. The van der Waals surface area contributed by atoms with Crippen LogP contribution in [0.1, 0.15) is 18.5 Å². The van der Waals surface area contributed by atoms with Crippen molar-refractivity contribution in [1.82, 2.24) is 9.88 Å². The number of anilines is 1. The van der Waals surface area contributed by atoms with Crippen LogP contribution in [0.5, 0.6) is 11.5 Å². The first-order valence-electron chi connectivity index (χ1n) is 7.47. The highest BCUT2D eigenvalue weighted by atomic mass is 16.7. The van der Waals surface area contributed by atoms with Crippen molar-refractivity contribution in [2.45, 2.75) is 18.4 Å². The Morgan fingerprint density at radius 2 is 1.90 bits per heavy atom. The van der Waals surface area contributed by atoms with Crippen LogP contribution in [0.15, 0.2) is 30.5 Å². The van der Waals surface area contributed by atoms with Crippen LogP contribution in [0.25, 0.3) is 5.69 Å². The molecule has 1 spiro atoms. The first kappa shape index (κ1) is 11.5. The number of aromatic nitrogens is 1. The van der Waals surface area contributed by atoms with E-state index in [0.29, 0.717) is 6.79 Å². The number of nitrogens with one attached hydrogen (secondary N) is 2. The topological polar surface area (TPSA) is 47.5 Å². The van der Waals surface area contributed by atoms with Crippen LogP contribution < -0.4 is 20.1 Å². The average molecular weight is 283 g/mol. The van der Waals surface area contributed by atoms with Crippen molar-refractivity contribution < 1.29 is 9.47 Å². The lowest BCUT2D eigenvalue weighted by Crippen LogP contribution is -2.48. The summed E-state index contributed by atoms with van der Waals surface area (Å²) in [6.45, 7) is 2.39. The van der Waals surface area contributed by atoms with E-state index in [1.54, 1.807) is 0 Å². The predicted molar refractivity (Wildman–Crippen MR) is 79.3 cm³/mol. The molecule has 3 aliphatic heterocycles. The van der Waals surface area contributed by atoms with Gasteiger partial charge >= 0.3 is 0 Å². The lowest BCUT2D eigenvalue weighted by atomic mass is 9.83. The van der Waals surface area contributed by atoms with Crippen LogP contribution in [-0.4, -0.2) is 24.4 Å². The van der Waals surface area contributed by atoms with Gasteiger partial charge < -0.3 is 24.7 Å². The largest absolute Gasteiger partial charge is 0.454 e. The molecular formula is C16H17N3O2. The molecular weight excluding hydrogens is 266 g/mol. The Labute approximate surface area is 122 Å². The van der Waals surface area contributed by atoms with E-state index in [4.69, 9.17) is 9.47 Å². The molecule has 108 valence electrons. The summed E-state index contributed by atoms with van der Waals surface area (Å²) in [6, 6.07) is 8.50. The molecule has 3 aliphatic rings. The van der Waals surface area contributed by atoms with Gasteiger partial charge in [-0.2, -0.15) is 0 Å². The second-order valence-corrected chi connectivity index (χ2v) is 5.94. The second-order valence-electron chi connectivity index (χ2n) is 5.94. The number of hydrogen-bond donors (Lipinski definition) is 2. The summed E-state index contributed by atoms with van der Waals surface area (Å²) in [4.78, 5) is 0. The molecule has 0 aliphatic carbocycles. The van der Waals surface area contributed by atoms with Gasteiger partial charge in [-0.3, -0.25) is 0 Å². The summed E-state index contributed by atoms with van der Waals surface area (Å²) >= 11 is 0. The summed E-state index contributed by atoms with van der Waals surface area (Å²) < 4.78 is 13.3. The highest BCUT2D eigenvalue weighted by molar-refractivity contribution is 5.72. The van der Waals surface area contributed by atoms with Gasteiger partial charge in [0, 0.05) is 24.0 Å². The van der Waals surface area contributed by atoms with E-state index in [9.17, 15) is 0 Å². The number of nitrogens with zero attached hydrogens (tertiary/aromatic N) is 1. The maximum atomic E-state index is 5.53. The molecule has 1 fully saturated rings. The van der Waals surface area contributed by atoms with Gasteiger partial charge in [0.15, 0.2) is 11.5 Å². The Morgan fingerprint density at radius 1 is 1.10 bits per heavy atom. The van der Waals surface area contributed by atoms with E-state index >= 15 is 0 Å². The monoisotopic (exact) mass is 283 g/mol. The van der Waals surface area contributed by atoms with Crippen LogP contribution in [-0.2, 0) is 5.54 Å². The summed E-state index contributed by atoms with van der Waals surface area (Å²) in [5.74, 6) is 1.66. The maximum absolute atomic E-state index is 5.53. The van der Waals surface area contributed by atoms with E-state index in [1.807, 2.05) is 0 Å². The van der Waals surface area contributed by atoms with E-state index in [2.05, 4.69) is 45.7 Å². The van der Waals surface area contributed by atoms with E-state index in [0.717, 1.165) is 48.8 Å². The van der Waals surface area contributed by atoms with Gasteiger partial charge in [-0.1, -0.05) is 0 Å². The summed E-state index contributed by atoms with van der Waals surface area (Å²) in [6.07, 6.45) is 4.32. The highest BCUT2D eigenvalue weighted by Gasteiger charge is 2.40. The van der Waals surface area contributed by atoms with Crippen LogP contribution in [0.3, 0.4) is 0 Å². The smallest absolute Gasteiger partial charge is 0.231 e. The van der Waals surface area contributed by atoms with E-state index in [1.165, 1.54) is 5.69 Å². The van der Waals surface area contributed by atoms with Crippen LogP contribution in [0, 0.1) is 0 Å². The van der Waals surface area contributed by atoms with Crippen molar-refractivity contribution in [3.8, 4) is 17.2 Å². The lowest BCUT2D eigenvalue weighted by molar-refractivity contribution is 0.174. The molecule has 2 N–H and O–H groups in total. The fourth-order valence-electron chi connectivity index (χ4n) is 3.77. The van der Waals surface area contributed by atoms with Crippen molar-refractivity contribution in [2.75, 3.05) is 25.2 Å². The first-order valence-corrected chi connectivity index (χ1v) is 7.47. The Balaban J connectivity index is 1.71. The minimum Gasteiger partial charge on any atom is -0.454 e. The molecule has 5 rings (SSSR count). The molecule has 5 heteroatoms. The summed E-state index contributed by atoms with van der Waals surface area (Å²) in [7, 11) is 0. The van der Waals surface area contributed by atoms with Crippen molar-refractivity contribution in [2.24, 2.45) is 0 Å². The fraction of sp³-hybridized carbons (Fsp3) is 0.375. The first-order chi connectivity index (χ1) is 10.4. The lowest BCUT2D eigenvalue weighted by Gasteiger charge is -2.43. The Kier molecular flexibility index (Phi) is 2.16. The fourth-order valence-corrected chi connectivity index (χ4v) is 3.77. The van der Waals surface area contributed by atoms with Gasteiger partial charge in [0.25, 0.3) is 0 Å². The molecule has 1 aromatic heterocycles. The number of piperidine rings is 1. The summed E-state index contributed by atoms with van der Waals surface area (Å²) in [5, 5.41) is 7.24. The molecule has 21 heavy (non-hydrogen) atoms. The molecule has 0 atom stereocenters. The zero-order valence-electron chi connectivity index (χ0n) is 11.7. The molecule has 1 aromatic carbocycles. The third-order valence-corrected chi connectivity index (χ3v) is 4.82. The predicted octanol–water partition coefficient (Wildman–Crippen LogP) is 2.21. The van der Waals surface area contributed by atoms with Crippen molar-refractivity contribution in [3.05, 3.63) is 36.2 Å². The quantitative estimate of drug-likeness (QED) is 0.778. The van der Waals surface area contributed by atoms with Gasteiger partial charge in [0.1, 0.15) is 0 Å². The zero-order chi connectivity index (χ0) is 13.9. The van der Waals surface area contributed by atoms with Crippen LogP contribution in [0.4, 0.5) is 5.69 Å². The van der Waals surface area contributed by atoms with E-state index in [-0.39, 0.29) is 5.54 Å². The number of benzene rings is 1. The Hall–Kier alpha value is -2.14. The highest BCUT2D eigenvalue weighted by Crippen LogP contribution is 2.46. The van der Waals surface area contributed by atoms with E-state index < -0.39 is 0 Å². The molecule has 2 aromatic rings. The molecule has 0 saturated carbocycles. The van der Waals surface area contributed by atoms with Crippen molar-refractivity contribution >= 4 is 5.69 Å². The second kappa shape index (κ2) is 3.95. The normalized spacial score (nSPS) is 20.8. The third-order valence-electron chi connectivity index (χ3n) is 4.82. The van der Waals surface area contributed by atoms with Crippen molar-refractivity contribution in [3.63, 3.8) is 0 Å².